The molecule has 2 nitrogen and oxygen atoms in total. The Balaban J connectivity index is 1.96. The molecule has 2 unspecified atom stereocenters. The molecule has 0 spiro atoms. The van der Waals surface area contributed by atoms with Crippen LogP contribution < -0.4 is 5.73 Å². The van der Waals surface area contributed by atoms with E-state index in [1.165, 1.54) is 12.8 Å². The van der Waals surface area contributed by atoms with E-state index in [-0.39, 0.29) is 11.8 Å². The van der Waals surface area contributed by atoms with Gasteiger partial charge in [0.15, 0.2) is 5.78 Å². The highest BCUT2D eigenvalue weighted by Gasteiger charge is 2.24. The van der Waals surface area contributed by atoms with Crippen LogP contribution in [-0.2, 0) is 0 Å². The SMILES string of the molecule is NC1CCCCC1CC(=O)c1ccccc1. The van der Waals surface area contributed by atoms with Crippen LogP contribution in [0, 0.1) is 5.92 Å². The lowest BCUT2D eigenvalue weighted by Crippen LogP contribution is -2.34. The summed E-state index contributed by atoms with van der Waals surface area (Å²) < 4.78 is 0. The van der Waals surface area contributed by atoms with Crippen molar-refractivity contribution in [2.24, 2.45) is 11.7 Å². The highest BCUT2D eigenvalue weighted by molar-refractivity contribution is 5.96. The van der Waals surface area contributed by atoms with Crippen molar-refractivity contribution in [3.05, 3.63) is 35.9 Å². The van der Waals surface area contributed by atoms with Gasteiger partial charge in [0.2, 0.25) is 0 Å². The summed E-state index contributed by atoms with van der Waals surface area (Å²) in [7, 11) is 0. The van der Waals surface area contributed by atoms with Gasteiger partial charge < -0.3 is 5.73 Å². The number of hydrogen-bond donors (Lipinski definition) is 1. The summed E-state index contributed by atoms with van der Waals surface area (Å²) in [6.45, 7) is 0. The van der Waals surface area contributed by atoms with E-state index in [9.17, 15) is 4.79 Å². The maximum atomic E-state index is 12.0. The molecule has 16 heavy (non-hydrogen) atoms. The van der Waals surface area contributed by atoms with E-state index in [1.54, 1.807) is 0 Å². The van der Waals surface area contributed by atoms with E-state index in [2.05, 4.69) is 0 Å². The van der Waals surface area contributed by atoms with Gasteiger partial charge in [0, 0.05) is 18.0 Å². The predicted molar refractivity (Wildman–Crippen MR) is 65.3 cm³/mol. The molecule has 0 amide bonds. The fourth-order valence-electron chi connectivity index (χ4n) is 2.47. The Kier molecular flexibility index (Phi) is 3.73. The molecule has 0 aromatic heterocycles. The number of carbonyl (C=O) groups excluding carboxylic acids is 1. The Morgan fingerprint density at radius 1 is 1.19 bits per heavy atom. The summed E-state index contributed by atoms with van der Waals surface area (Å²) in [5, 5.41) is 0. The first kappa shape index (κ1) is 11.3. The van der Waals surface area contributed by atoms with E-state index in [4.69, 9.17) is 5.73 Å². The fourth-order valence-corrected chi connectivity index (χ4v) is 2.47. The molecule has 0 bridgehead atoms. The summed E-state index contributed by atoms with van der Waals surface area (Å²) in [6.07, 6.45) is 5.25. The van der Waals surface area contributed by atoms with Gasteiger partial charge in [-0.25, -0.2) is 0 Å². The van der Waals surface area contributed by atoms with Gasteiger partial charge in [-0.1, -0.05) is 43.2 Å². The average molecular weight is 217 g/mol. The fraction of sp³-hybridized carbons (Fsp3) is 0.500. The molecule has 0 heterocycles. The van der Waals surface area contributed by atoms with Crippen LogP contribution in [0.1, 0.15) is 42.5 Å². The maximum absolute atomic E-state index is 12.0. The number of rotatable bonds is 3. The third-order valence-electron chi connectivity index (χ3n) is 3.51. The molecule has 0 aliphatic heterocycles. The Bertz CT molecular complexity index is 347. The van der Waals surface area contributed by atoms with Gasteiger partial charge >= 0.3 is 0 Å². The first-order chi connectivity index (χ1) is 7.77. The van der Waals surface area contributed by atoms with Gasteiger partial charge in [0.1, 0.15) is 0 Å². The van der Waals surface area contributed by atoms with Gasteiger partial charge in [-0.15, -0.1) is 0 Å². The van der Waals surface area contributed by atoms with Crippen molar-refractivity contribution in [2.75, 3.05) is 0 Å². The molecule has 0 radical (unpaired) electrons. The Labute approximate surface area is 96.8 Å². The highest BCUT2D eigenvalue weighted by atomic mass is 16.1. The average Bonchev–Trinajstić information content (AvgIpc) is 2.33. The van der Waals surface area contributed by atoms with Crippen molar-refractivity contribution in [2.45, 2.75) is 38.1 Å². The summed E-state index contributed by atoms with van der Waals surface area (Å²) in [4.78, 5) is 12.0. The molecule has 1 aromatic carbocycles. The topological polar surface area (TPSA) is 43.1 Å². The Morgan fingerprint density at radius 3 is 2.56 bits per heavy atom. The minimum Gasteiger partial charge on any atom is -0.327 e. The molecule has 1 saturated carbocycles. The largest absolute Gasteiger partial charge is 0.327 e. The molecule has 1 aromatic rings. The monoisotopic (exact) mass is 217 g/mol. The van der Waals surface area contributed by atoms with Crippen LogP contribution in [0.25, 0.3) is 0 Å². The molecule has 86 valence electrons. The molecule has 2 heteroatoms. The second kappa shape index (κ2) is 5.26. The standard InChI is InChI=1S/C14H19NO/c15-13-9-5-4-8-12(13)10-14(16)11-6-2-1-3-7-11/h1-3,6-7,12-13H,4-5,8-10,15H2. The normalized spacial score (nSPS) is 25.3. The number of ketones is 1. The van der Waals surface area contributed by atoms with Gasteiger partial charge in [-0.05, 0) is 18.8 Å². The molecule has 0 saturated heterocycles. The molecule has 1 aliphatic rings. The Hall–Kier alpha value is -1.15. The van der Waals surface area contributed by atoms with Crippen molar-refractivity contribution in [1.82, 2.24) is 0 Å². The molecular weight excluding hydrogens is 198 g/mol. The van der Waals surface area contributed by atoms with E-state index in [1.807, 2.05) is 30.3 Å². The van der Waals surface area contributed by atoms with Crippen molar-refractivity contribution >= 4 is 5.78 Å². The van der Waals surface area contributed by atoms with Gasteiger partial charge in [-0.3, -0.25) is 4.79 Å². The first-order valence-electron chi connectivity index (χ1n) is 6.11. The van der Waals surface area contributed by atoms with Crippen LogP contribution in [0.5, 0.6) is 0 Å². The van der Waals surface area contributed by atoms with Crippen LogP contribution in [-0.4, -0.2) is 11.8 Å². The third kappa shape index (κ3) is 2.70. The predicted octanol–water partition coefficient (Wildman–Crippen LogP) is 2.78. The molecule has 1 aliphatic carbocycles. The highest BCUT2D eigenvalue weighted by Crippen LogP contribution is 2.26. The molecule has 2 rings (SSSR count). The second-order valence-electron chi connectivity index (χ2n) is 4.70. The van der Waals surface area contributed by atoms with Gasteiger partial charge in [0.25, 0.3) is 0 Å². The summed E-state index contributed by atoms with van der Waals surface area (Å²) in [6, 6.07) is 9.75. The quantitative estimate of drug-likeness (QED) is 0.791. The number of carbonyl (C=O) groups is 1. The molecule has 1 fully saturated rings. The lowest BCUT2D eigenvalue weighted by atomic mass is 9.81. The van der Waals surface area contributed by atoms with E-state index >= 15 is 0 Å². The zero-order valence-corrected chi connectivity index (χ0v) is 9.56. The van der Waals surface area contributed by atoms with Crippen molar-refractivity contribution in [3.8, 4) is 0 Å². The second-order valence-corrected chi connectivity index (χ2v) is 4.70. The lowest BCUT2D eigenvalue weighted by molar-refractivity contribution is 0.0942. The number of hydrogen-bond acceptors (Lipinski definition) is 2. The van der Waals surface area contributed by atoms with E-state index < -0.39 is 0 Å². The summed E-state index contributed by atoms with van der Waals surface area (Å²) in [5.74, 6) is 0.629. The van der Waals surface area contributed by atoms with Gasteiger partial charge in [-0.2, -0.15) is 0 Å². The zero-order valence-electron chi connectivity index (χ0n) is 9.56. The van der Waals surface area contributed by atoms with Crippen molar-refractivity contribution in [1.29, 1.82) is 0 Å². The van der Waals surface area contributed by atoms with E-state index in [0.29, 0.717) is 12.3 Å². The number of nitrogens with two attached hydrogens (primary N) is 1. The van der Waals surface area contributed by atoms with Crippen LogP contribution >= 0.6 is 0 Å². The van der Waals surface area contributed by atoms with Crippen LogP contribution in [0.2, 0.25) is 0 Å². The van der Waals surface area contributed by atoms with Crippen molar-refractivity contribution in [3.63, 3.8) is 0 Å². The lowest BCUT2D eigenvalue weighted by Gasteiger charge is -2.27. The minimum absolute atomic E-state index is 0.224. The van der Waals surface area contributed by atoms with E-state index in [0.717, 1.165) is 18.4 Å². The summed E-state index contributed by atoms with van der Waals surface area (Å²) >= 11 is 0. The summed E-state index contributed by atoms with van der Waals surface area (Å²) in [5.41, 5.74) is 6.87. The van der Waals surface area contributed by atoms with Crippen molar-refractivity contribution < 1.29 is 4.79 Å². The Morgan fingerprint density at radius 2 is 1.88 bits per heavy atom. The molecule has 2 atom stereocenters. The number of benzene rings is 1. The molecule has 2 N–H and O–H groups in total. The smallest absolute Gasteiger partial charge is 0.163 e. The first-order valence-corrected chi connectivity index (χ1v) is 6.11. The number of Topliss-reactive ketones (excluding diaryl/α,β-unsaturated/α-hetero) is 1. The maximum Gasteiger partial charge on any atom is 0.163 e. The third-order valence-corrected chi connectivity index (χ3v) is 3.51. The van der Waals surface area contributed by atoms with Gasteiger partial charge in [0.05, 0.1) is 0 Å². The zero-order chi connectivity index (χ0) is 11.4. The van der Waals surface area contributed by atoms with Crippen LogP contribution in [0.15, 0.2) is 30.3 Å². The minimum atomic E-state index is 0.224. The molecular formula is C14H19NO. The van der Waals surface area contributed by atoms with Crippen LogP contribution in [0.3, 0.4) is 0 Å². The van der Waals surface area contributed by atoms with Crippen LogP contribution in [0.4, 0.5) is 0 Å².